The molecule has 0 radical (unpaired) electrons. The molecule has 1 saturated heterocycles. The second-order valence-electron chi connectivity index (χ2n) is 7.81. The topological polar surface area (TPSA) is 91.4 Å². The summed E-state index contributed by atoms with van der Waals surface area (Å²) in [4.78, 5) is 19.8. The van der Waals surface area contributed by atoms with E-state index in [1.807, 2.05) is 5.38 Å². The third-order valence-corrected chi connectivity index (χ3v) is 7.59. The Balaban J connectivity index is 1.44. The van der Waals surface area contributed by atoms with Gasteiger partial charge in [-0.15, -0.1) is 11.3 Å². The summed E-state index contributed by atoms with van der Waals surface area (Å²) < 4.78 is 27.6. The van der Waals surface area contributed by atoms with Crippen molar-refractivity contribution in [2.75, 3.05) is 18.4 Å². The maximum atomic E-state index is 12.8. The lowest BCUT2D eigenvalue weighted by Gasteiger charge is -2.25. The van der Waals surface area contributed by atoms with E-state index in [0.717, 1.165) is 43.7 Å². The highest BCUT2D eigenvalue weighted by atomic mass is 32.2. The number of piperidine rings is 1. The van der Waals surface area contributed by atoms with E-state index in [1.165, 1.54) is 42.7 Å². The van der Waals surface area contributed by atoms with Gasteiger partial charge in [0.1, 0.15) is 0 Å². The normalized spacial score (nSPS) is 18.0. The summed E-state index contributed by atoms with van der Waals surface area (Å²) in [5.74, 6) is -0.343. The van der Waals surface area contributed by atoms with E-state index in [0.29, 0.717) is 10.7 Å². The number of carbonyl (C=O) groups is 1. The van der Waals surface area contributed by atoms with Crippen LogP contribution in [0.4, 0.5) is 5.13 Å². The molecule has 1 aromatic carbocycles. The van der Waals surface area contributed by atoms with Gasteiger partial charge in [-0.1, -0.05) is 12.5 Å². The number of aryl methyl sites for hydroxylation is 1. The number of hydrogen-bond donors (Lipinski definition) is 2. The van der Waals surface area contributed by atoms with Crippen molar-refractivity contribution in [3.8, 4) is 0 Å². The Hall–Kier alpha value is -1.81. The number of amides is 1. The van der Waals surface area contributed by atoms with Gasteiger partial charge in [0.05, 0.1) is 10.6 Å². The largest absolute Gasteiger partial charge is 0.298 e. The molecule has 156 valence electrons. The molecule has 29 heavy (non-hydrogen) atoms. The first kappa shape index (κ1) is 20.5. The molecule has 7 nitrogen and oxygen atoms in total. The zero-order valence-corrected chi connectivity index (χ0v) is 18.1. The summed E-state index contributed by atoms with van der Waals surface area (Å²) in [7, 11) is -3.60. The van der Waals surface area contributed by atoms with Crippen molar-refractivity contribution in [3.63, 3.8) is 0 Å². The Morgan fingerprint density at radius 2 is 2.00 bits per heavy atom. The van der Waals surface area contributed by atoms with E-state index in [2.05, 4.69) is 19.9 Å². The van der Waals surface area contributed by atoms with Gasteiger partial charge in [-0.2, -0.15) is 0 Å². The molecule has 2 aliphatic rings. The first-order valence-electron chi connectivity index (χ1n) is 10.0. The average Bonchev–Trinajstić information content (AvgIpc) is 3.39. The van der Waals surface area contributed by atoms with Crippen LogP contribution in [0.3, 0.4) is 0 Å². The highest BCUT2D eigenvalue weighted by Crippen LogP contribution is 2.24. The maximum Gasteiger partial charge on any atom is 0.257 e. The van der Waals surface area contributed by atoms with E-state index in [1.54, 1.807) is 13.0 Å². The summed E-state index contributed by atoms with van der Waals surface area (Å²) in [6.45, 7) is 4.78. The van der Waals surface area contributed by atoms with E-state index in [-0.39, 0.29) is 16.8 Å². The lowest BCUT2D eigenvalue weighted by Crippen LogP contribution is -2.29. The van der Waals surface area contributed by atoms with Crippen LogP contribution < -0.4 is 10.0 Å². The van der Waals surface area contributed by atoms with Crippen LogP contribution in [-0.2, 0) is 16.6 Å². The summed E-state index contributed by atoms with van der Waals surface area (Å²) in [5, 5.41) is 5.33. The van der Waals surface area contributed by atoms with Gasteiger partial charge < -0.3 is 0 Å². The van der Waals surface area contributed by atoms with Gasteiger partial charge in [0, 0.05) is 23.5 Å². The molecule has 2 fully saturated rings. The van der Waals surface area contributed by atoms with Crippen molar-refractivity contribution in [2.45, 2.75) is 56.5 Å². The monoisotopic (exact) mass is 434 g/mol. The number of anilines is 1. The van der Waals surface area contributed by atoms with Crippen LogP contribution >= 0.6 is 11.3 Å². The number of thiazole rings is 1. The number of nitrogens with one attached hydrogen (secondary N) is 2. The van der Waals surface area contributed by atoms with Crippen LogP contribution in [0.5, 0.6) is 0 Å². The molecule has 9 heteroatoms. The van der Waals surface area contributed by atoms with Gasteiger partial charge in [-0.05, 0) is 63.4 Å². The van der Waals surface area contributed by atoms with Crippen molar-refractivity contribution in [3.05, 3.63) is 40.4 Å². The molecule has 2 heterocycles. The second-order valence-corrected chi connectivity index (χ2v) is 10.4. The molecule has 1 amide bonds. The lowest BCUT2D eigenvalue weighted by molar-refractivity contribution is 0.102. The number of rotatable bonds is 7. The molecule has 2 aromatic rings. The fraction of sp³-hybridized carbons (Fsp3) is 0.500. The molecular formula is C20H26N4O3S2. The van der Waals surface area contributed by atoms with Crippen LogP contribution in [0, 0.1) is 6.92 Å². The van der Waals surface area contributed by atoms with E-state index < -0.39 is 10.0 Å². The minimum absolute atomic E-state index is 0.0206. The van der Waals surface area contributed by atoms with Crippen molar-refractivity contribution < 1.29 is 13.2 Å². The van der Waals surface area contributed by atoms with Crippen LogP contribution in [-0.4, -0.2) is 43.3 Å². The van der Waals surface area contributed by atoms with Gasteiger partial charge in [0.2, 0.25) is 10.0 Å². The van der Waals surface area contributed by atoms with Gasteiger partial charge in [-0.3, -0.25) is 15.0 Å². The highest BCUT2D eigenvalue weighted by Gasteiger charge is 2.28. The molecule has 1 aliphatic heterocycles. The fourth-order valence-corrected chi connectivity index (χ4v) is 5.48. The van der Waals surface area contributed by atoms with E-state index in [4.69, 9.17) is 0 Å². The maximum absolute atomic E-state index is 12.8. The first-order chi connectivity index (χ1) is 13.9. The second kappa shape index (κ2) is 8.51. The quantitative estimate of drug-likeness (QED) is 0.699. The highest BCUT2D eigenvalue weighted by molar-refractivity contribution is 7.89. The molecule has 4 rings (SSSR count). The van der Waals surface area contributed by atoms with E-state index >= 15 is 0 Å². The predicted molar refractivity (Wildman–Crippen MR) is 114 cm³/mol. The van der Waals surface area contributed by atoms with E-state index in [9.17, 15) is 13.2 Å². The number of sulfonamides is 1. The van der Waals surface area contributed by atoms with Gasteiger partial charge in [0.25, 0.3) is 5.91 Å². The molecule has 0 atom stereocenters. The van der Waals surface area contributed by atoms with Crippen LogP contribution in [0.1, 0.15) is 53.7 Å². The first-order valence-corrected chi connectivity index (χ1v) is 12.4. The Kier molecular flexibility index (Phi) is 6.00. The zero-order chi connectivity index (χ0) is 20.4. The summed E-state index contributed by atoms with van der Waals surface area (Å²) in [6.07, 6.45) is 5.47. The molecule has 0 bridgehead atoms. The standard InChI is InChI=1S/C20H26N4O3S2/c1-14-5-8-17(29(26,27)23-15-6-7-15)11-18(14)19(25)22-20-21-16(13-28-20)12-24-9-3-2-4-10-24/h5,8,11,13,15,23H,2-4,6-7,9-10,12H2,1H3,(H,21,22,25). The SMILES string of the molecule is Cc1ccc(S(=O)(=O)NC2CC2)cc1C(=O)Nc1nc(CN2CCCCC2)cs1. The molecule has 0 unspecified atom stereocenters. The fourth-order valence-electron chi connectivity index (χ4n) is 3.45. The average molecular weight is 435 g/mol. The zero-order valence-electron chi connectivity index (χ0n) is 16.5. The third kappa shape index (κ3) is 5.22. The van der Waals surface area contributed by atoms with Gasteiger partial charge in [-0.25, -0.2) is 18.1 Å². The Bertz CT molecular complexity index is 993. The number of aromatic nitrogens is 1. The summed E-state index contributed by atoms with van der Waals surface area (Å²) in [5.41, 5.74) is 2.02. The smallest absolute Gasteiger partial charge is 0.257 e. The lowest BCUT2D eigenvalue weighted by atomic mass is 10.1. The number of likely N-dealkylation sites (tertiary alicyclic amines) is 1. The number of benzene rings is 1. The number of carbonyl (C=O) groups excluding carboxylic acids is 1. The van der Waals surface area contributed by atoms with Crippen molar-refractivity contribution in [1.29, 1.82) is 0 Å². The molecular weight excluding hydrogens is 408 g/mol. The van der Waals surface area contributed by atoms with Crippen LogP contribution in [0.2, 0.25) is 0 Å². The van der Waals surface area contributed by atoms with Crippen molar-refractivity contribution >= 4 is 32.4 Å². The predicted octanol–water partition coefficient (Wildman–Crippen LogP) is 3.13. The van der Waals surface area contributed by atoms with Crippen LogP contribution in [0.25, 0.3) is 0 Å². The Labute approximate surface area is 175 Å². The van der Waals surface area contributed by atoms with Crippen molar-refractivity contribution in [1.82, 2.24) is 14.6 Å². The summed E-state index contributed by atoms with van der Waals surface area (Å²) in [6, 6.07) is 4.67. The summed E-state index contributed by atoms with van der Waals surface area (Å²) >= 11 is 1.39. The minimum atomic E-state index is -3.60. The molecule has 2 N–H and O–H groups in total. The minimum Gasteiger partial charge on any atom is -0.298 e. The van der Waals surface area contributed by atoms with Gasteiger partial charge >= 0.3 is 0 Å². The molecule has 1 aliphatic carbocycles. The number of hydrogen-bond acceptors (Lipinski definition) is 6. The van der Waals surface area contributed by atoms with Crippen molar-refractivity contribution in [2.24, 2.45) is 0 Å². The Morgan fingerprint density at radius 1 is 1.24 bits per heavy atom. The number of nitrogens with zero attached hydrogens (tertiary/aromatic N) is 2. The molecule has 1 aromatic heterocycles. The molecule has 0 spiro atoms. The van der Waals surface area contributed by atoms with Gasteiger partial charge in [0.15, 0.2) is 5.13 Å². The molecule has 1 saturated carbocycles. The third-order valence-electron chi connectivity index (χ3n) is 5.27. The van der Waals surface area contributed by atoms with Crippen LogP contribution in [0.15, 0.2) is 28.5 Å². The Morgan fingerprint density at radius 3 is 2.72 bits per heavy atom.